The van der Waals surface area contributed by atoms with Gasteiger partial charge in [0.05, 0.1) is 6.10 Å². The lowest BCUT2D eigenvalue weighted by Crippen LogP contribution is -2.24. The number of fused-ring (bicyclic) bond motifs is 4. The van der Waals surface area contributed by atoms with E-state index in [1.54, 1.807) is 0 Å². The van der Waals surface area contributed by atoms with Crippen molar-refractivity contribution in [1.29, 1.82) is 0 Å². The quantitative estimate of drug-likeness (QED) is 0.726. The minimum Gasteiger partial charge on any atom is -0.342 e. The summed E-state index contributed by atoms with van der Waals surface area (Å²) in [4.78, 5) is 0. The second kappa shape index (κ2) is 5.48. The van der Waals surface area contributed by atoms with E-state index in [0.29, 0.717) is 0 Å². The highest BCUT2D eigenvalue weighted by Crippen LogP contribution is 2.46. The number of benzene rings is 1. The smallest absolute Gasteiger partial charge is 0.185 e. The molecule has 1 saturated heterocycles. The van der Waals surface area contributed by atoms with Gasteiger partial charge in [0.25, 0.3) is 0 Å². The largest absolute Gasteiger partial charge is 0.342 e. The highest BCUT2D eigenvalue weighted by Gasteiger charge is 2.43. The standard InChI is InChI=1S/C17H22O2/c1-3-4-5-6-11-15-16-12(2)13-9-7-8-10-14(13)17(18-15)19-16/h7-10,15-17H,2-6,11H2,1H3/t15-,16-,17+/m1/s1. The van der Waals surface area contributed by atoms with Crippen LogP contribution in [0.4, 0.5) is 0 Å². The van der Waals surface area contributed by atoms with Crippen LogP contribution in [0.5, 0.6) is 0 Å². The molecule has 0 N–H and O–H groups in total. The molecule has 0 amide bonds. The Bertz CT molecular complexity index is 466. The molecule has 2 aliphatic heterocycles. The molecule has 2 heteroatoms. The molecule has 3 rings (SSSR count). The summed E-state index contributed by atoms with van der Waals surface area (Å²) in [6.45, 7) is 6.46. The fourth-order valence-corrected chi connectivity index (χ4v) is 3.08. The fourth-order valence-electron chi connectivity index (χ4n) is 3.08. The van der Waals surface area contributed by atoms with Crippen LogP contribution in [0.15, 0.2) is 30.8 Å². The molecule has 0 spiro atoms. The third kappa shape index (κ3) is 2.35. The Morgan fingerprint density at radius 1 is 1.11 bits per heavy atom. The van der Waals surface area contributed by atoms with Crippen LogP contribution in [0.1, 0.15) is 56.4 Å². The van der Waals surface area contributed by atoms with Crippen LogP contribution in [0.2, 0.25) is 0 Å². The summed E-state index contributed by atoms with van der Waals surface area (Å²) in [5.74, 6) is 0. The van der Waals surface area contributed by atoms with Gasteiger partial charge in [-0.25, -0.2) is 0 Å². The number of rotatable bonds is 5. The van der Waals surface area contributed by atoms with Crippen LogP contribution in [0, 0.1) is 0 Å². The van der Waals surface area contributed by atoms with E-state index < -0.39 is 0 Å². The minimum absolute atomic E-state index is 0.0570. The van der Waals surface area contributed by atoms with Crippen molar-refractivity contribution in [3.8, 4) is 0 Å². The normalized spacial score (nSPS) is 28.5. The van der Waals surface area contributed by atoms with E-state index in [2.05, 4.69) is 31.7 Å². The second-order valence-corrected chi connectivity index (χ2v) is 5.52. The summed E-state index contributed by atoms with van der Waals surface area (Å²) in [6, 6.07) is 8.31. The number of unbranched alkanes of at least 4 members (excludes halogenated alkanes) is 3. The molecule has 2 heterocycles. The van der Waals surface area contributed by atoms with Crippen molar-refractivity contribution in [2.75, 3.05) is 0 Å². The van der Waals surface area contributed by atoms with Gasteiger partial charge in [-0.05, 0) is 17.6 Å². The number of hydrogen-bond acceptors (Lipinski definition) is 2. The summed E-state index contributed by atoms with van der Waals surface area (Å²) in [5.41, 5.74) is 3.45. The van der Waals surface area contributed by atoms with E-state index in [4.69, 9.17) is 9.47 Å². The van der Waals surface area contributed by atoms with E-state index in [1.165, 1.54) is 31.2 Å². The highest BCUT2D eigenvalue weighted by atomic mass is 16.7. The molecule has 2 nitrogen and oxygen atoms in total. The molecule has 1 aromatic carbocycles. The van der Waals surface area contributed by atoms with Crippen LogP contribution < -0.4 is 0 Å². The lowest BCUT2D eigenvalue weighted by atomic mass is 9.91. The zero-order valence-electron chi connectivity index (χ0n) is 11.6. The van der Waals surface area contributed by atoms with Crippen molar-refractivity contribution >= 4 is 5.57 Å². The minimum atomic E-state index is -0.178. The highest BCUT2D eigenvalue weighted by molar-refractivity contribution is 5.72. The van der Waals surface area contributed by atoms with Gasteiger partial charge in [-0.15, -0.1) is 0 Å². The number of ether oxygens (including phenoxy) is 2. The first kappa shape index (κ1) is 12.9. The molecule has 0 saturated carbocycles. The Morgan fingerprint density at radius 3 is 2.79 bits per heavy atom. The first-order valence-electron chi connectivity index (χ1n) is 7.40. The molecule has 0 aliphatic carbocycles. The van der Waals surface area contributed by atoms with Crippen molar-refractivity contribution in [1.82, 2.24) is 0 Å². The van der Waals surface area contributed by atoms with Gasteiger partial charge in [0.15, 0.2) is 6.29 Å². The average molecular weight is 258 g/mol. The summed E-state index contributed by atoms with van der Waals surface area (Å²) in [7, 11) is 0. The summed E-state index contributed by atoms with van der Waals surface area (Å²) >= 11 is 0. The molecular weight excluding hydrogens is 236 g/mol. The Balaban J connectivity index is 1.70. The monoisotopic (exact) mass is 258 g/mol. The third-order valence-electron chi connectivity index (χ3n) is 4.15. The van der Waals surface area contributed by atoms with Gasteiger partial charge in [0, 0.05) is 5.56 Å². The Labute approximate surface area is 115 Å². The van der Waals surface area contributed by atoms with Gasteiger partial charge in [0.2, 0.25) is 0 Å². The fraction of sp³-hybridized carbons (Fsp3) is 0.529. The van der Waals surface area contributed by atoms with Crippen LogP contribution in [0.3, 0.4) is 0 Å². The molecule has 1 fully saturated rings. The van der Waals surface area contributed by atoms with Gasteiger partial charge in [-0.3, -0.25) is 0 Å². The maximum absolute atomic E-state index is 6.08. The Morgan fingerprint density at radius 2 is 1.95 bits per heavy atom. The second-order valence-electron chi connectivity index (χ2n) is 5.52. The summed E-state index contributed by atoms with van der Waals surface area (Å²) in [5, 5.41) is 0. The third-order valence-corrected chi connectivity index (χ3v) is 4.15. The van der Waals surface area contributed by atoms with E-state index in [0.717, 1.165) is 17.6 Å². The summed E-state index contributed by atoms with van der Waals surface area (Å²) < 4.78 is 12.1. The van der Waals surface area contributed by atoms with Crippen LogP contribution in [-0.2, 0) is 9.47 Å². The van der Waals surface area contributed by atoms with Gasteiger partial charge in [-0.1, -0.05) is 63.5 Å². The van der Waals surface area contributed by atoms with Crippen LogP contribution in [0.25, 0.3) is 5.57 Å². The summed E-state index contributed by atoms with van der Waals surface area (Å²) in [6.07, 6.45) is 6.22. The zero-order chi connectivity index (χ0) is 13.2. The van der Waals surface area contributed by atoms with Gasteiger partial charge < -0.3 is 9.47 Å². The zero-order valence-corrected chi connectivity index (χ0v) is 11.6. The van der Waals surface area contributed by atoms with Crippen molar-refractivity contribution in [2.24, 2.45) is 0 Å². The SMILES string of the molecule is C=C1c2ccccc2[C@@H]2O[C@H]1[C@@H](CCCCCC)O2. The van der Waals surface area contributed by atoms with Gasteiger partial charge in [-0.2, -0.15) is 0 Å². The molecule has 102 valence electrons. The van der Waals surface area contributed by atoms with Crippen molar-refractivity contribution < 1.29 is 9.47 Å². The molecule has 2 aliphatic rings. The maximum atomic E-state index is 6.08. The predicted molar refractivity (Wildman–Crippen MR) is 76.7 cm³/mol. The topological polar surface area (TPSA) is 18.5 Å². The molecule has 0 radical (unpaired) electrons. The van der Waals surface area contributed by atoms with E-state index >= 15 is 0 Å². The molecule has 2 bridgehead atoms. The van der Waals surface area contributed by atoms with Crippen molar-refractivity contribution in [3.63, 3.8) is 0 Å². The van der Waals surface area contributed by atoms with Crippen LogP contribution >= 0.6 is 0 Å². The van der Waals surface area contributed by atoms with E-state index in [-0.39, 0.29) is 18.5 Å². The molecule has 19 heavy (non-hydrogen) atoms. The van der Waals surface area contributed by atoms with E-state index in [1.807, 2.05) is 6.07 Å². The molecular formula is C17H22O2. The lowest BCUT2D eigenvalue weighted by Gasteiger charge is -2.24. The average Bonchev–Trinajstić information content (AvgIpc) is 2.82. The molecule has 3 atom stereocenters. The van der Waals surface area contributed by atoms with Crippen molar-refractivity contribution in [3.05, 3.63) is 42.0 Å². The Hall–Kier alpha value is -1.12. The molecule has 1 aromatic rings. The maximum Gasteiger partial charge on any atom is 0.185 e. The lowest BCUT2D eigenvalue weighted by molar-refractivity contribution is -0.0681. The predicted octanol–water partition coefficient (Wildman–Crippen LogP) is 4.47. The number of hydrogen-bond donors (Lipinski definition) is 0. The first-order valence-corrected chi connectivity index (χ1v) is 7.40. The molecule has 0 aromatic heterocycles. The van der Waals surface area contributed by atoms with Gasteiger partial charge >= 0.3 is 0 Å². The van der Waals surface area contributed by atoms with Crippen molar-refractivity contribution in [2.45, 2.75) is 57.5 Å². The van der Waals surface area contributed by atoms with E-state index in [9.17, 15) is 0 Å². The van der Waals surface area contributed by atoms with Gasteiger partial charge in [0.1, 0.15) is 6.10 Å². The van der Waals surface area contributed by atoms with Crippen LogP contribution in [-0.4, -0.2) is 12.2 Å². The molecule has 0 unspecified atom stereocenters. The first-order chi connectivity index (χ1) is 9.31. The Kier molecular flexibility index (Phi) is 3.72.